The van der Waals surface area contributed by atoms with Crippen LogP contribution in [0.25, 0.3) is 0 Å². The van der Waals surface area contributed by atoms with Crippen LogP contribution in [0.3, 0.4) is 0 Å². The van der Waals surface area contributed by atoms with Crippen molar-refractivity contribution >= 4 is 39.7 Å². The zero-order valence-corrected chi connectivity index (χ0v) is 20.9. The SMILES string of the molecule is CCCCCCCCC=CCCCCCCCCOS(=O)(=O)C(C)CO.[Na]. The molecule has 0 amide bonds. The number of allylic oxidation sites excluding steroid dienone is 2. The molecule has 0 aromatic heterocycles. The molecule has 0 aromatic rings. The maximum absolute atomic E-state index is 11.5. The summed E-state index contributed by atoms with van der Waals surface area (Å²) in [5, 5.41) is 8.01. The standard InChI is InChI=1S/C21H42O4S.Na/c1-3-4-5-6-7-8-9-10-11-12-13-14-15-16-17-18-19-25-26(23,24)21(2)20-22;/h10-11,21-22H,3-9,12-20H2,1-2H3;. The Morgan fingerprint density at radius 2 is 1.26 bits per heavy atom. The third-order valence-electron chi connectivity index (χ3n) is 4.65. The summed E-state index contributed by atoms with van der Waals surface area (Å²) in [5.41, 5.74) is 0. The fourth-order valence-corrected chi connectivity index (χ4v) is 3.50. The molecule has 0 spiro atoms. The summed E-state index contributed by atoms with van der Waals surface area (Å²) in [5.74, 6) is 0. The monoisotopic (exact) mass is 413 g/mol. The predicted molar refractivity (Wildman–Crippen MR) is 117 cm³/mol. The van der Waals surface area contributed by atoms with Gasteiger partial charge in [0.25, 0.3) is 10.1 Å². The molecule has 0 aliphatic rings. The van der Waals surface area contributed by atoms with Gasteiger partial charge >= 0.3 is 0 Å². The molecular weight excluding hydrogens is 371 g/mol. The summed E-state index contributed by atoms with van der Waals surface area (Å²) in [4.78, 5) is 0. The van der Waals surface area contributed by atoms with Gasteiger partial charge < -0.3 is 5.11 Å². The summed E-state index contributed by atoms with van der Waals surface area (Å²) < 4.78 is 28.0. The first-order valence-corrected chi connectivity index (χ1v) is 12.2. The van der Waals surface area contributed by atoms with Gasteiger partial charge in [0.05, 0.1) is 13.2 Å². The summed E-state index contributed by atoms with van der Waals surface area (Å²) in [7, 11) is -3.59. The Balaban J connectivity index is 0. The molecule has 0 saturated carbocycles. The Bertz CT molecular complexity index is 424. The van der Waals surface area contributed by atoms with Crippen LogP contribution >= 0.6 is 0 Å². The first kappa shape index (κ1) is 29.8. The molecule has 27 heavy (non-hydrogen) atoms. The van der Waals surface area contributed by atoms with Gasteiger partial charge in [-0.25, -0.2) is 0 Å². The van der Waals surface area contributed by atoms with Crippen molar-refractivity contribution in [3.63, 3.8) is 0 Å². The molecule has 0 saturated heterocycles. The van der Waals surface area contributed by atoms with Crippen LogP contribution in [-0.2, 0) is 14.3 Å². The van der Waals surface area contributed by atoms with Gasteiger partial charge in [0.2, 0.25) is 0 Å². The van der Waals surface area contributed by atoms with E-state index in [0.29, 0.717) is 0 Å². The van der Waals surface area contributed by atoms with E-state index in [1.165, 1.54) is 77.6 Å². The number of rotatable bonds is 19. The molecule has 0 fully saturated rings. The number of unbranched alkanes of at least 4 members (excludes halogenated alkanes) is 12. The minimum atomic E-state index is -3.59. The molecule has 0 aliphatic heterocycles. The van der Waals surface area contributed by atoms with E-state index in [0.717, 1.165) is 19.3 Å². The zero-order valence-electron chi connectivity index (χ0n) is 18.1. The molecule has 1 atom stereocenters. The minimum Gasteiger partial charge on any atom is -0.395 e. The van der Waals surface area contributed by atoms with E-state index >= 15 is 0 Å². The fraction of sp³-hybridized carbons (Fsp3) is 0.905. The van der Waals surface area contributed by atoms with E-state index in [-0.39, 0.29) is 36.2 Å². The van der Waals surface area contributed by atoms with Crippen molar-refractivity contribution in [2.24, 2.45) is 0 Å². The molecule has 0 bridgehead atoms. The van der Waals surface area contributed by atoms with Gasteiger partial charge in [0, 0.05) is 29.6 Å². The number of hydrogen-bond donors (Lipinski definition) is 1. The molecule has 0 heterocycles. The van der Waals surface area contributed by atoms with E-state index < -0.39 is 22.0 Å². The van der Waals surface area contributed by atoms with Crippen LogP contribution < -0.4 is 0 Å². The normalized spacial score (nSPS) is 13.0. The van der Waals surface area contributed by atoms with Gasteiger partial charge in [-0.15, -0.1) is 0 Å². The van der Waals surface area contributed by atoms with Crippen LogP contribution in [0, 0.1) is 0 Å². The van der Waals surface area contributed by atoms with E-state index in [4.69, 9.17) is 9.29 Å². The Hall–Kier alpha value is 0.610. The second-order valence-corrected chi connectivity index (χ2v) is 9.27. The van der Waals surface area contributed by atoms with Crippen molar-refractivity contribution in [1.29, 1.82) is 0 Å². The van der Waals surface area contributed by atoms with Crippen molar-refractivity contribution < 1.29 is 17.7 Å². The van der Waals surface area contributed by atoms with E-state index in [1.807, 2.05) is 0 Å². The third kappa shape index (κ3) is 19.7. The smallest absolute Gasteiger partial charge is 0.272 e. The van der Waals surface area contributed by atoms with E-state index in [9.17, 15) is 8.42 Å². The second-order valence-electron chi connectivity index (χ2n) is 7.25. The van der Waals surface area contributed by atoms with Gasteiger partial charge in [0.1, 0.15) is 5.25 Å². The summed E-state index contributed by atoms with van der Waals surface area (Å²) in [6, 6.07) is 0. The molecule has 1 unspecified atom stereocenters. The Kier molecular flexibility index (Phi) is 23.5. The topological polar surface area (TPSA) is 63.6 Å². The van der Waals surface area contributed by atoms with Crippen LogP contribution in [0.5, 0.6) is 0 Å². The van der Waals surface area contributed by atoms with E-state index in [1.54, 1.807) is 0 Å². The van der Waals surface area contributed by atoms with Crippen molar-refractivity contribution in [2.45, 2.75) is 109 Å². The van der Waals surface area contributed by atoms with Crippen molar-refractivity contribution in [3.8, 4) is 0 Å². The molecule has 4 nitrogen and oxygen atoms in total. The average Bonchev–Trinajstić information content (AvgIpc) is 2.63. The number of hydrogen-bond acceptors (Lipinski definition) is 4. The average molecular weight is 414 g/mol. The van der Waals surface area contributed by atoms with Crippen molar-refractivity contribution in [1.82, 2.24) is 0 Å². The van der Waals surface area contributed by atoms with Crippen LogP contribution in [0.15, 0.2) is 12.2 Å². The maximum Gasteiger partial charge on any atom is 0.272 e. The molecular formula is C21H42NaO4S. The van der Waals surface area contributed by atoms with Gasteiger partial charge in [-0.1, -0.05) is 76.9 Å². The second kappa shape index (κ2) is 21.3. The fourth-order valence-electron chi connectivity index (χ4n) is 2.73. The maximum atomic E-state index is 11.5. The van der Waals surface area contributed by atoms with Gasteiger partial charge in [-0.05, 0) is 39.0 Å². The molecule has 1 N–H and O–H groups in total. The first-order chi connectivity index (χ1) is 12.5. The minimum absolute atomic E-state index is 0. The Labute approximate surface area is 191 Å². The van der Waals surface area contributed by atoms with Crippen LogP contribution in [0.2, 0.25) is 0 Å². The van der Waals surface area contributed by atoms with Gasteiger partial charge in [-0.2, -0.15) is 8.42 Å². The third-order valence-corrected chi connectivity index (χ3v) is 6.28. The van der Waals surface area contributed by atoms with Gasteiger partial charge in [0.15, 0.2) is 0 Å². The largest absolute Gasteiger partial charge is 0.395 e. The van der Waals surface area contributed by atoms with Crippen LogP contribution in [-0.4, -0.2) is 61.5 Å². The summed E-state index contributed by atoms with van der Waals surface area (Å²) in [6.45, 7) is 3.55. The molecule has 157 valence electrons. The van der Waals surface area contributed by atoms with Crippen molar-refractivity contribution in [2.75, 3.05) is 13.2 Å². The van der Waals surface area contributed by atoms with Crippen LogP contribution in [0.1, 0.15) is 104 Å². The first-order valence-electron chi connectivity index (χ1n) is 10.7. The quantitative estimate of drug-likeness (QED) is 0.134. The Morgan fingerprint density at radius 1 is 0.815 bits per heavy atom. The van der Waals surface area contributed by atoms with Gasteiger partial charge in [-0.3, -0.25) is 4.18 Å². The predicted octanol–water partition coefficient (Wildman–Crippen LogP) is 5.37. The Morgan fingerprint density at radius 3 is 1.74 bits per heavy atom. The summed E-state index contributed by atoms with van der Waals surface area (Å²) >= 11 is 0. The summed E-state index contributed by atoms with van der Waals surface area (Å²) in [6.07, 6.45) is 21.8. The van der Waals surface area contributed by atoms with Crippen LogP contribution in [0.4, 0.5) is 0 Å². The molecule has 6 heteroatoms. The number of aliphatic hydroxyl groups is 1. The van der Waals surface area contributed by atoms with Crippen molar-refractivity contribution in [3.05, 3.63) is 12.2 Å². The molecule has 0 rings (SSSR count). The molecule has 0 aliphatic carbocycles. The number of aliphatic hydroxyl groups excluding tert-OH is 1. The zero-order chi connectivity index (χ0) is 19.5. The molecule has 1 radical (unpaired) electrons. The molecule has 0 aromatic carbocycles. The van der Waals surface area contributed by atoms with E-state index in [2.05, 4.69) is 19.1 Å².